The Hall–Kier alpha value is -0.900. The van der Waals surface area contributed by atoms with Gasteiger partial charge in [-0.05, 0) is 37.8 Å². The first-order chi connectivity index (χ1) is 9.23. The fourth-order valence-electron chi connectivity index (χ4n) is 2.96. The van der Waals surface area contributed by atoms with Gasteiger partial charge in [0.1, 0.15) is 0 Å². The lowest BCUT2D eigenvalue weighted by molar-refractivity contribution is 0.0157. The van der Waals surface area contributed by atoms with Crippen LogP contribution in [-0.4, -0.2) is 44.3 Å². The van der Waals surface area contributed by atoms with Crippen LogP contribution in [0.3, 0.4) is 0 Å². The molecule has 1 aromatic carbocycles. The molecule has 1 atom stereocenters. The fourth-order valence-corrected chi connectivity index (χ4v) is 2.96. The summed E-state index contributed by atoms with van der Waals surface area (Å²) >= 11 is 0. The zero-order chi connectivity index (χ0) is 13.7. The summed E-state index contributed by atoms with van der Waals surface area (Å²) in [4.78, 5) is 2.42. The van der Waals surface area contributed by atoms with E-state index in [1.807, 2.05) is 0 Å². The number of methoxy groups -OCH3 is 1. The minimum absolute atomic E-state index is 0.0313. The largest absolute Gasteiger partial charge is 0.383 e. The van der Waals surface area contributed by atoms with E-state index in [4.69, 9.17) is 10.5 Å². The van der Waals surface area contributed by atoms with Gasteiger partial charge in [0.2, 0.25) is 0 Å². The van der Waals surface area contributed by atoms with Crippen LogP contribution in [0.4, 0.5) is 0 Å². The summed E-state index contributed by atoms with van der Waals surface area (Å²) in [6.07, 6.45) is 3.64. The van der Waals surface area contributed by atoms with Crippen LogP contribution in [0.25, 0.3) is 0 Å². The molecule has 0 radical (unpaired) electrons. The second-order valence-electron chi connectivity index (χ2n) is 5.67. The Morgan fingerprint density at radius 1 is 1.32 bits per heavy atom. The maximum absolute atomic E-state index is 6.08. The number of likely N-dealkylation sites (N-methyl/N-ethyl adjacent to an activating group) is 1. The minimum atomic E-state index is 0.0313. The van der Waals surface area contributed by atoms with Gasteiger partial charge in [-0.15, -0.1) is 0 Å². The van der Waals surface area contributed by atoms with Crippen LogP contribution in [-0.2, 0) is 11.2 Å². The predicted octanol–water partition coefficient (Wildman–Crippen LogP) is 1.91. The second kappa shape index (κ2) is 6.51. The molecule has 1 saturated carbocycles. The minimum Gasteiger partial charge on any atom is -0.383 e. The number of hydrogen-bond donors (Lipinski definition) is 1. The SMILES string of the molecule is COCC(CN)(C1CC1)N(C)CCc1ccccc1. The highest BCUT2D eigenvalue weighted by atomic mass is 16.5. The Morgan fingerprint density at radius 2 is 2.00 bits per heavy atom. The van der Waals surface area contributed by atoms with Crippen molar-refractivity contribution in [1.29, 1.82) is 0 Å². The Kier molecular flexibility index (Phi) is 4.97. The average Bonchev–Trinajstić information content (AvgIpc) is 3.28. The third-order valence-electron chi connectivity index (χ3n) is 4.42. The molecule has 2 rings (SSSR count). The Labute approximate surface area is 116 Å². The zero-order valence-electron chi connectivity index (χ0n) is 12.1. The van der Waals surface area contributed by atoms with Gasteiger partial charge in [-0.3, -0.25) is 4.90 Å². The van der Waals surface area contributed by atoms with E-state index in [0.717, 1.165) is 19.6 Å². The van der Waals surface area contributed by atoms with Gasteiger partial charge < -0.3 is 10.5 Å². The molecule has 3 nitrogen and oxygen atoms in total. The Balaban J connectivity index is 1.97. The van der Waals surface area contributed by atoms with Crippen LogP contribution in [0.1, 0.15) is 18.4 Å². The number of ether oxygens (including phenoxy) is 1. The van der Waals surface area contributed by atoms with E-state index in [9.17, 15) is 0 Å². The van der Waals surface area contributed by atoms with E-state index in [1.54, 1.807) is 7.11 Å². The lowest BCUT2D eigenvalue weighted by atomic mass is 9.91. The van der Waals surface area contributed by atoms with Gasteiger partial charge >= 0.3 is 0 Å². The van der Waals surface area contributed by atoms with E-state index in [0.29, 0.717) is 12.5 Å². The van der Waals surface area contributed by atoms with E-state index in [-0.39, 0.29) is 5.54 Å². The molecule has 1 fully saturated rings. The Bertz CT molecular complexity index is 378. The quantitative estimate of drug-likeness (QED) is 0.778. The van der Waals surface area contributed by atoms with Gasteiger partial charge in [-0.25, -0.2) is 0 Å². The van der Waals surface area contributed by atoms with Gasteiger partial charge in [-0.2, -0.15) is 0 Å². The van der Waals surface area contributed by atoms with Gasteiger partial charge in [-0.1, -0.05) is 30.3 Å². The smallest absolute Gasteiger partial charge is 0.0661 e. The van der Waals surface area contributed by atoms with Crippen LogP contribution >= 0.6 is 0 Å². The summed E-state index contributed by atoms with van der Waals surface area (Å²) < 4.78 is 5.45. The van der Waals surface area contributed by atoms with Crippen molar-refractivity contribution in [2.45, 2.75) is 24.8 Å². The third-order valence-corrected chi connectivity index (χ3v) is 4.42. The van der Waals surface area contributed by atoms with E-state index >= 15 is 0 Å². The number of rotatable bonds is 8. The molecule has 106 valence electrons. The van der Waals surface area contributed by atoms with Crippen molar-refractivity contribution < 1.29 is 4.74 Å². The van der Waals surface area contributed by atoms with Gasteiger partial charge in [0.15, 0.2) is 0 Å². The molecular formula is C16H26N2O. The zero-order valence-corrected chi connectivity index (χ0v) is 12.1. The summed E-state index contributed by atoms with van der Waals surface area (Å²) in [6, 6.07) is 10.6. The number of benzene rings is 1. The van der Waals surface area contributed by atoms with Crippen molar-refractivity contribution in [2.75, 3.05) is 33.9 Å². The summed E-state index contributed by atoms with van der Waals surface area (Å²) in [6.45, 7) is 2.44. The van der Waals surface area contributed by atoms with Crippen molar-refractivity contribution in [1.82, 2.24) is 4.90 Å². The van der Waals surface area contributed by atoms with Crippen molar-refractivity contribution in [3.63, 3.8) is 0 Å². The van der Waals surface area contributed by atoms with E-state index < -0.39 is 0 Å². The average molecular weight is 262 g/mol. The van der Waals surface area contributed by atoms with Crippen molar-refractivity contribution in [3.05, 3.63) is 35.9 Å². The first kappa shape index (κ1) is 14.5. The first-order valence-corrected chi connectivity index (χ1v) is 7.17. The monoisotopic (exact) mass is 262 g/mol. The topological polar surface area (TPSA) is 38.5 Å². The van der Waals surface area contributed by atoms with Crippen LogP contribution in [0.5, 0.6) is 0 Å². The maximum atomic E-state index is 6.08. The molecule has 3 heteroatoms. The molecule has 0 bridgehead atoms. The molecule has 19 heavy (non-hydrogen) atoms. The molecule has 0 aliphatic heterocycles. The molecule has 1 aliphatic carbocycles. The third kappa shape index (κ3) is 3.35. The molecule has 0 aromatic heterocycles. The highest BCUT2D eigenvalue weighted by molar-refractivity contribution is 5.15. The van der Waals surface area contributed by atoms with Crippen molar-refractivity contribution in [3.8, 4) is 0 Å². The van der Waals surface area contributed by atoms with Crippen LogP contribution in [0, 0.1) is 5.92 Å². The first-order valence-electron chi connectivity index (χ1n) is 7.17. The van der Waals surface area contributed by atoms with Crippen molar-refractivity contribution >= 4 is 0 Å². The molecule has 0 spiro atoms. The molecule has 0 saturated heterocycles. The summed E-state index contributed by atoms with van der Waals surface area (Å²) in [7, 11) is 3.96. The summed E-state index contributed by atoms with van der Waals surface area (Å²) in [5.74, 6) is 0.707. The van der Waals surface area contributed by atoms with Crippen molar-refractivity contribution in [2.24, 2.45) is 11.7 Å². The van der Waals surface area contributed by atoms with Gasteiger partial charge in [0.05, 0.1) is 12.1 Å². The van der Waals surface area contributed by atoms with Crippen LogP contribution in [0.15, 0.2) is 30.3 Å². The highest BCUT2D eigenvalue weighted by Crippen LogP contribution is 2.42. The summed E-state index contributed by atoms with van der Waals surface area (Å²) in [5.41, 5.74) is 7.50. The molecule has 2 N–H and O–H groups in total. The van der Waals surface area contributed by atoms with Gasteiger partial charge in [0, 0.05) is 20.2 Å². The van der Waals surface area contributed by atoms with E-state index in [1.165, 1.54) is 18.4 Å². The molecular weight excluding hydrogens is 236 g/mol. The summed E-state index contributed by atoms with van der Waals surface area (Å²) in [5, 5.41) is 0. The molecule has 0 heterocycles. The lowest BCUT2D eigenvalue weighted by Crippen LogP contribution is -2.57. The molecule has 1 aromatic rings. The Morgan fingerprint density at radius 3 is 2.53 bits per heavy atom. The van der Waals surface area contributed by atoms with E-state index in [2.05, 4.69) is 42.3 Å². The molecule has 0 amide bonds. The number of nitrogens with two attached hydrogens (primary N) is 1. The predicted molar refractivity (Wildman–Crippen MR) is 79.2 cm³/mol. The van der Waals surface area contributed by atoms with Crippen LogP contribution < -0.4 is 5.73 Å². The normalized spacial score (nSPS) is 18.5. The van der Waals surface area contributed by atoms with Gasteiger partial charge in [0.25, 0.3) is 0 Å². The second-order valence-corrected chi connectivity index (χ2v) is 5.67. The highest BCUT2D eigenvalue weighted by Gasteiger charge is 2.46. The number of nitrogens with zero attached hydrogens (tertiary/aromatic N) is 1. The molecule has 1 unspecified atom stereocenters. The lowest BCUT2D eigenvalue weighted by Gasteiger charge is -2.41. The fraction of sp³-hybridized carbons (Fsp3) is 0.625. The van der Waals surface area contributed by atoms with Crippen LogP contribution in [0.2, 0.25) is 0 Å². The standard InChI is InChI=1S/C16H26N2O/c1-18(11-10-14-6-4-3-5-7-14)16(12-17,13-19-2)15-8-9-15/h3-7,15H,8-13,17H2,1-2H3. The molecule has 1 aliphatic rings. The number of hydrogen-bond acceptors (Lipinski definition) is 3. The maximum Gasteiger partial charge on any atom is 0.0661 e.